The van der Waals surface area contributed by atoms with Crippen LogP contribution in [-0.4, -0.2) is 27.6 Å². The van der Waals surface area contributed by atoms with Crippen molar-refractivity contribution in [1.29, 1.82) is 0 Å². The summed E-state index contributed by atoms with van der Waals surface area (Å²) in [4.78, 5) is 11.0. The minimum atomic E-state index is -4.73. The van der Waals surface area contributed by atoms with E-state index in [0.717, 1.165) is 12.1 Å². The van der Waals surface area contributed by atoms with Gasteiger partial charge in [-0.05, 0) is 49.4 Å². The Morgan fingerprint density at radius 1 is 1.14 bits per heavy atom. The lowest BCUT2D eigenvalue weighted by atomic mass is 10.2. The van der Waals surface area contributed by atoms with Crippen LogP contribution in [0, 0.1) is 0 Å². The second-order valence-electron chi connectivity index (χ2n) is 5.36. The third kappa shape index (κ3) is 5.77. The van der Waals surface area contributed by atoms with Crippen molar-refractivity contribution in [3.8, 4) is 5.75 Å². The second-order valence-corrected chi connectivity index (χ2v) is 7.45. The Morgan fingerprint density at radius 2 is 1.79 bits per heavy atom. The summed E-state index contributed by atoms with van der Waals surface area (Å²) in [5, 5.41) is -0.543. The number of ether oxygens (including phenoxy) is 2. The van der Waals surface area contributed by atoms with Crippen LogP contribution in [0.2, 0.25) is 5.02 Å². The fourth-order valence-electron chi connectivity index (χ4n) is 2.08. The largest absolute Gasteiger partial charge is 0.482 e. The van der Waals surface area contributed by atoms with E-state index in [0.29, 0.717) is 6.07 Å². The molecule has 28 heavy (non-hydrogen) atoms. The zero-order valence-electron chi connectivity index (χ0n) is 14.4. The Kier molecular flexibility index (Phi) is 6.78. The molecule has 2 aromatic rings. The highest BCUT2D eigenvalue weighted by molar-refractivity contribution is 7.92. The first kappa shape index (κ1) is 21.8. The van der Waals surface area contributed by atoms with Gasteiger partial charge in [-0.2, -0.15) is 13.2 Å². The van der Waals surface area contributed by atoms with Crippen LogP contribution in [0.5, 0.6) is 5.75 Å². The van der Waals surface area contributed by atoms with E-state index < -0.39 is 32.8 Å². The molecule has 11 heteroatoms. The Balaban J connectivity index is 2.14. The van der Waals surface area contributed by atoms with Crippen molar-refractivity contribution in [3.63, 3.8) is 0 Å². The number of hydrogen-bond donors (Lipinski definition) is 1. The molecule has 0 saturated carbocycles. The molecule has 0 aromatic heterocycles. The van der Waals surface area contributed by atoms with Crippen molar-refractivity contribution < 1.29 is 35.9 Å². The average Bonchev–Trinajstić information content (AvgIpc) is 2.61. The van der Waals surface area contributed by atoms with Gasteiger partial charge < -0.3 is 9.47 Å². The van der Waals surface area contributed by atoms with E-state index in [2.05, 4.69) is 4.72 Å². The molecule has 0 bridgehead atoms. The van der Waals surface area contributed by atoms with Crippen LogP contribution in [0.25, 0.3) is 0 Å². The van der Waals surface area contributed by atoms with Gasteiger partial charge in [0.2, 0.25) is 0 Å². The number of anilines is 1. The number of benzene rings is 2. The summed E-state index contributed by atoms with van der Waals surface area (Å²) >= 11 is 5.51. The number of hydrogen-bond acceptors (Lipinski definition) is 5. The summed E-state index contributed by atoms with van der Waals surface area (Å²) in [7, 11) is -4.15. The van der Waals surface area contributed by atoms with E-state index >= 15 is 0 Å². The summed E-state index contributed by atoms with van der Waals surface area (Å²) in [6.07, 6.45) is -4.73. The number of rotatable bonds is 7. The predicted octanol–water partition coefficient (Wildman–Crippen LogP) is 4.10. The molecule has 2 rings (SSSR count). The van der Waals surface area contributed by atoms with Gasteiger partial charge in [-0.3, -0.25) is 4.72 Å². The van der Waals surface area contributed by atoms with Crippen molar-refractivity contribution >= 4 is 33.3 Å². The van der Waals surface area contributed by atoms with E-state index in [9.17, 15) is 26.4 Å². The Hall–Kier alpha value is -2.46. The minimum absolute atomic E-state index is 0.200. The summed E-state index contributed by atoms with van der Waals surface area (Å²) in [5.41, 5.74) is -1.45. The molecule has 0 aliphatic rings. The summed E-state index contributed by atoms with van der Waals surface area (Å²) in [5.74, 6) is -0.359. The number of carbonyl (C=O) groups excluding carboxylic acids is 1. The lowest BCUT2D eigenvalue weighted by molar-refractivity contribution is -0.145. The first-order chi connectivity index (χ1) is 13.0. The van der Waals surface area contributed by atoms with E-state index in [1.807, 2.05) is 0 Å². The van der Waals surface area contributed by atoms with Crippen LogP contribution in [0.15, 0.2) is 47.4 Å². The normalized spacial score (nSPS) is 11.8. The molecule has 0 fully saturated rings. The molecule has 0 radical (unpaired) electrons. The first-order valence-corrected chi connectivity index (χ1v) is 9.67. The number of alkyl halides is 3. The fourth-order valence-corrected chi connectivity index (χ4v) is 3.35. The molecule has 0 unspecified atom stereocenters. The molecular formula is C17H15ClF3NO5S. The summed E-state index contributed by atoms with van der Waals surface area (Å²) in [6, 6.07) is 7.65. The Labute approximate surface area is 164 Å². The standard InChI is InChI=1S/C17H15ClF3NO5S/c1-2-26-16(23)10-27-12-4-6-13(7-5-12)28(24,25)22-11-3-8-15(18)14(9-11)17(19,20)21/h3-9,22H,2,10H2,1H3. The van der Waals surface area contributed by atoms with Gasteiger partial charge in [0.1, 0.15) is 5.75 Å². The number of esters is 1. The van der Waals surface area contributed by atoms with Crippen molar-refractivity contribution in [3.05, 3.63) is 53.1 Å². The second kappa shape index (κ2) is 8.70. The molecule has 0 aliphatic carbocycles. The molecule has 0 saturated heterocycles. The van der Waals surface area contributed by atoms with Crippen molar-refractivity contribution in [2.75, 3.05) is 17.9 Å². The highest BCUT2D eigenvalue weighted by atomic mass is 35.5. The fraction of sp³-hybridized carbons (Fsp3) is 0.235. The van der Waals surface area contributed by atoms with E-state index in [1.54, 1.807) is 6.92 Å². The third-order valence-electron chi connectivity index (χ3n) is 3.32. The van der Waals surface area contributed by atoms with Crippen LogP contribution in [0.3, 0.4) is 0 Å². The van der Waals surface area contributed by atoms with E-state index in [4.69, 9.17) is 21.1 Å². The van der Waals surface area contributed by atoms with Crippen LogP contribution in [0.1, 0.15) is 12.5 Å². The van der Waals surface area contributed by atoms with Crippen molar-refractivity contribution in [1.82, 2.24) is 0 Å². The monoisotopic (exact) mass is 437 g/mol. The van der Waals surface area contributed by atoms with Gasteiger partial charge in [-0.25, -0.2) is 13.2 Å². The van der Waals surface area contributed by atoms with Crippen molar-refractivity contribution in [2.45, 2.75) is 18.0 Å². The van der Waals surface area contributed by atoms with E-state index in [-0.39, 0.29) is 29.5 Å². The molecule has 0 atom stereocenters. The average molecular weight is 438 g/mol. The molecule has 6 nitrogen and oxygen atoms in total. The van der Waals surface area contributed by atoms with Gasteiger partial charge in [0.25, 0.3) is 10.0 Å². The molecule has 152 valence electrons. The smallest absolute Gasteiger partial charge is 0.417 e. The van der Waals surface area contributed by atoms with Gasteiger partial charge in [0.15, 0.2) is 6.61 Å². The predicted molar refractivity (Wildman–Crippen MR) is 95.8 cm³/mol. The number of halogens is 4. The topological polar surface area (TPSA) is 81.7 Å². The Bertz CT molecular complexity index is 946. The molecule has 0 heterocycles. The maximum absolute atomic E-state index is 12.9. The zero-order valence-corrected chi connectivity index (χ0v) is 16.0. The van der Waals surface area contributed by atoms with Gasteiger partial charge in [-0.1, -0.05) is 11.6 Å². The van der Waals surface area contributed by atoms with Crippen LogP contribution < -0.4 is 9.46 Å². The van der Waals surface area contributed by atoms with Gasteiger partial charge in [-0.15, -0.1) is 0 Å². The zero-order chi connectivity index (χ0) is 20.9. The van der Waals surface area contributed by atoms with Crippen molar-refractivity contribution in [2.24, 2.45) is 0 Å². The molecule has 1 N–H and O–H groups in total. The molecule has 0 aliphatic heterocycles. The minimum Gasteiger partial charge on any atom is -0.482 e. The quantitative estimate of drug-likeness (QED) is 0.659. The Morgan fingerprint density at radius 3 is 2.36 bits per heavy atom. The molecule has 0 amide bonds. The molecular weight excluding hydrogens is 423 g/mol. The number of sulfonamides is 1. The third-order valence-corrected chi connectivity index (χ3v) is 5.05. The molecule has 0 spiro atoms. The van der Waals surface area contributed by atoms with Gasteiger partial charge in [0.05, 0.1) is 22.1 Å². The highest BCUT2D eigenvalue weighted by Crippen LogP contribution is 2.36. The maximum Gasteiger partial charge on any atom is 0.417 e. The van der Waals surface area contributed by atoms with Crippen LogP contribution in [0.4, 0.5) is 18.9 Å². The van der Waals surface area contributed by atoms with Crippen LogP contribution in [-0.2, 0) is 25.7 Å². The number of carbonyl (C=O) groups is 1. The van der Waals surface area contributed by atoms with Crippen LogP contribution >= 0.6 is 11.6 Å². The SMILES string of the molecule is CCOC(=O)COc1ccc(S(=O)(=O)Nc2ccc(Cl)c(C(F)(F)F)c2)cc1. The van der Waals surface area contributed by atoms with E-state index in [1.165, 1.54) is 24.3 Å². The van der Waals surface area contributed by atoms with Gasteiger partial charge in [0, 0.05) is 5.69 Å². The van der Waals surface area contributed by atoms with Gasteiger partial charge >= 0.3 is 12.1 Å². The lowest BCUT2D eigenvalue weighted by Crippen LogP contribution is -2.15. The highest BCUT2D eigenvalue weighted by Gasteiger charge is 2.33. The lowest BCUT2D eigenvalue weighted by Gasteiger charge is -2.13. The summed E-state index contributed by atoms with van der Waals surface area (Å²) < 4.78 is 75.3. The summed E-state index contributed by atoms with van der Waals surface area (Å²) in [6.45, 7) is 1.50. The molecule has 2 aromatic carbocycles. The number of nitrogens with one attached hydrogen (secondary N) is 1. The maximum atomic E-state index is 12.9. The first-order valence-electron chi connectivity index (χ1n) is 7.81.